The number of likely N-dealkylation sites (tertiary alicyclic amines) is 1. The summed E-state index contributed by atoms with van der Waals surface area (Å²) in [5.41, 5.74) is 0.300. The summed E-state index contributed by atoms with van der Waals surface area (Å²) in [6.07, 6.45) is 5.28. The van der Waals surface area contributed by atoms with Crippen molar-refractivity contribution in [2.75, 3.05) is 20.1 Å². The summed E-state index contributed by atoms with van der Waals surface area (Å²) in [7, 11) is 3.96. The van der Waals surface area contributed by atoms with E-state index in [1.54, 1.807) is 10.9 Å². The van der Waals surface area contributed by atoms with Crippen LogP contribution in [0.25, 0.3) is 0 Å². The Morgan fingerprint density at radius 3 is 2.50 bits per heavy atom. The SMILES string of the molecule is CN1CCC(O)(c2cnn(C)c2)CC1. The molecule has 4 nitrogen and oxygen atoms in total. The summed E-state index contributed by atoms with van der Waals surface area (Å²) in [5, 5.41) is 14.5. The van der Waals surface area contributed by atoms with Crippen LogP contribution in [0.15, 0.2) is 12.4 Å². The average molecular weight is 195 g/mol. The zero-order valence-corrected chi connectivity index (χ0v) is 8.77. The van der Waals surface area contributed by atoms with Crippen molar-refractivity contribution < 1.29 is 5.11 Å². The number of piperidine rings is 1. The zero-order valence-electron chi connectivity index (χ0n) is 8.77. The van der Waals surface area contributed by atoms with Crippen LogP contribution in [-0.2, 0) is 12.6 Å². The molecule has 1 aromatic rings. The first-order valence-electron chi connectivity index (χ1n) is 5.00. The molecule has 2 heterocycles. The van der Waals surface area contributed by atoms with E-state index in [2.05, 4.69) is 17.0 Å². The number of rotatable bonds is 1. The molecule has 0 atom stereocenters. The minimum Gasteiger partial charge on any atom is -0.385 e. The van der Waals surface area contributed by atoms with Crippen LogP contribution in [0, 0.1) is 0 Å². The summed E-state index contributed by atoms with van der Waals surface area (Å²) in [4.78, 5) is 2.24. The molecule has 0 amide bonds. The van der Waals surface area contributed by atoms with Gasteiger partial charge in [0.05, 0.1) is 11.8 Å². The van der Waals surface area contributed by atoms with E-state index in [-0.39, 0.29) is 0 Å². The van der Waals surface area contributed by atoms with Crippen LogP contribution >= 0.6 is 0 Å². The first-order chi connectivity index (χ1) is 6.60. The van der Waals surface area contributed by atoms with Crippen LogP contribution in [0.4, 0.5) is 0 Å². The highest BCUT2D eigenvalue weighted by Gasteiger charge is 2.33. The fraction of sp³-hybridized carbons (Fsp3) is 0.700. The standard InChI is InChI=1S/C10H17N3O/c1-12-5-3-10(14,4-6-12)9-7-11-13(2)8-9/h7-8,14H,3-6H2,1-2H3. The molecule has 0 saturated carbocycles. The molecule has 78 valence electrons. The normalized spacial score (nSPS) is 22.5. The molecule has 1 fully saturated rings. The van der Waals surface area contributed by atoms with Crippen molar-refractivity contribution in [3.63, 3.8) is 0 Å². The smallest absolute Gasteiger partial charge is 0.0951 e. The second-order valence-electron chi connectivity index (χ2n) is 4.24. The molecule has 14 heavy (non-hydrogen) atoms. The average Bonchev–Trinajstić information content (AvgIpc) is 2.58. The first kappa shape index (κ1) is 9.68. The van der Waals surface area contributed by atoms with E-state index in [4.69, 9.17) is 0 Å². The number of hydrogen-bond acceptors (Lipinski definition) is 3. The Kier molecular flexibility index (Phi) is 2.33. The van der Waals surface area contributed by atoms with Crippen molar-refractivity contribution >= 4 is 0 Å². The molecular weight excluding hydrogens is 178 g/mol. The van der Waals surface area contributed by atoms with Gasteiger partial charge in [0.15, 0.2) is 0 Å². The van der Waals surface area contributed by atoms with Gasteiger partial charge in [-0.3, -0.25) is 4.68 Å². The van der Waals surface area contributed by atoms with E-state index in [0.717, 1.165) is 31.5 Å². The highest BCUT2D eigenvalue weighted by molar-refractivity contribution is 5.16. The second-order valence-corrected chi connectivity index (χ2v) is 4.24. The van der Waals surface area contributed by atoms with Crippen molar-refractivity contribution in [2.24, 2.45) is 7.05 Å². The van der Waals surface area contributed by atoms with E-state index in [1.807, 2.05) is 13.2 Å². The number of nitrogens with zero attached hydrogens (tertiary/aromatic N) is 3. The highest BCUT2D eigenvalue weighted by Crippen LogP contribution is 2.31. The number of aryl methyl sites for hydroxylation is 1. The maximum Gasteiger partial charge on any atom is 0.0951 e. The molecule has 1 aliphatic rings. The molecule has 0 unspecified atom stereocenters. The van der Waals surface area contributed by atoms with E-state index in [1.165, 1.54) is 0 Å². The van der Waals surface area contributed by atoms with Gasteiger partial charge in [-0.1, -0.05) is 0 Å². The number of aliphatic hydroxyl groups is 1. The maximum atomic E-state index is 10.4. The van der Waals surface area contributed by atoms with Gasteiger partial charge in [-0.05, 0) is 19.9 Å². The van der Waals surface area contributed by atoms with Crippen molar-refractivity contribution in [3.05, 3.63) is 18.0 Å². The number of hydrogen-bond donors (Lipinski definition) is 1. The molecule has 1 saturated heterocycles. The fourth-order valence-corrected chi connectivity index (χ4v) is 1.94. The Morgan fingerprint density at radius 2 is 2.00 bits per heavy atom. The van der Waals surface area contributed by atoms with Gasteiger partial charge < -0.3 is 10.0 Å². The Morgan fingerprint density at radius 1 is 1.36 bits per heavy atom. The van der Waals surface area contributed by atoms with Gasteiger partial charge >= 0.3 is 0 Å². The van der Waals surface area contributed by atoms with E-state index in [0.29, 0.717) is 0 Å². The third kappa shape index (κ3) is 1.67. The lowest BCUT2D eigenvalue weighted by molar-refractivity contribution is -0.0203. The molecule has 2 rings (SSSR count). The van der Waals surface area contributed by atoms with Crippen LogP contribution in [0.1, 0.15) is 18.4 Å². The van der Waals surface area contributed by atoms with Gasteiger partial charge in [0.25, 0.3) is 0 Å². The molecule has 4 heteroatoms. The summed E-state index contributed by atoms with van der Waals surface area (Å²) in [5.74, 6) is 0. The predicted molar refractivity (Wildman–Crippen MR) is 53.8 cm³/mol. The van der Waals surface area contributed by atoms with E-state index >= 15 is 0 Å². The number of aromatic nitrogens is 2. The summed E-state index contributed by atoms with van der Waals surface area (Å²) in [6.45, 7) is 1.90. The highest BCUT2D eigenvalue weighted by atomic mass is 16.3. The molecule has 0 aliphatic carbocycles. The molecule has 0 radical (unpaired) electrons. The quantitative estimate of drug-likeness (QED) is 0.702. The monoisotopic (exact) mass is 195 g/mol. The van der Waals surface area contributed by atoms with Crippen LogP contribution in [-0.4, -0.2) is 39.9 Å². The van der Waals surface area contributed by atoms with Crippen molar-refractivity contribution in [1.29, 1.82) is 0 Å². The predicted octanol–water partition coefficient (Wildman–Crippen LogP) is 0.333. The Hall–Kier alpha value is -0.870. The third-order valence-electron chi connectivity index (χ3n) is 3.06. The van der Waals surface area contributed by atoms with Crippen LogP contribution < -0.4 is 0 Å². The van der Waals surface area contributed by atoms with Crippen LogP contribution in [0.2, 0.25) is 0 Å². The van der Waals surface area contributed by atoms with Gasteiger partial charge in [0.1, 0.15) is 0 Å². The van der Waals surface area contributed by atoms with Gasteiger partial charge in [0, 0.05) is 31.9 Å². The summed E-state index contributed by atoms with van der Waals surface area (Å²) < 4.78 is 1.74. The molecule has 0 aromatic carbocycles. The molecule has 1 aromatic heterocycles. The lowest BCUT2D eigenvalue weighted by Crippen LogP contribution is -2.40. The Labute approximate surface area is 84.1 Å². The van der Waals surface area contributed by atoms with Crippen molar-refractivity contribution in [1.82, 2.24) is 14.7 Å². The minimum atomic E-state index is -0.652. The van der Waals surface area contributed by atoms with Crippen LogP contribution in [0.3, 0.4) is 0 Å². The molecule has 0 bridgehead atoms. The van der Waals surface area contributed by atoms with Crippen molar-refractivity contribution in [3.8, 4) is 0 Å². The van der Waals surface area contributed by atoms with E-state index in [9.17, 15) is 5.11 Å². The largest absolute Gasteiger partial charge is 0.385 e. The Bertz CT molecular complexity index is 313. The second kappa shape index (κ2) is 3.37. The van der Waals surface area contributed by atoms with Gasteiger partial charge in [0.2, 0.25) is 0 Å². The first-order valence-corrected chi connectivity index (χ1v) is 5.00. The lowest BCUT2D eigenvalue weighted by atomic mass is 9.86. The molecular formula is C10H17N3O. The van der Waals surface area contributed by atoms with Gasteiger partial charge in [-0.25, -0.2) is 0 Å². The molecule has 1 aliphatic heterocycles. The Balaban J connectivity index is 2.16. The fourth-order valence-electron chi connectivity index (χ4n) is 1.94. The summed E-state index contributed by atoms with van der Waals surface area (Å²) in [6, 6.07) is 0. The van der Waals surface area contributed by atoms with Crippen molar-refractivity contribution in [2.45, 2.75) is 18.4 Å². The minimum absolute atomic E-state index is 0.652. The topological polar surface area (TPSA) is 41.3 Å². The van der Waals surface area contributed by atoms with Crippen LogP contribution in [0.5, 0.6) is 0 Å². The zero-order chi connectivity index (χ0) is 10.2. The van der Waals surface area contributed by atoms with E-state index < -0.39 is 5.60 Å². The summed E-state index contributed by atoms with van der Waals surface area (Å²) >= 11 is 0. The maximum absolute atomic E-state index is 10.4. The molecule has 1 N–H and O–H groups in total. The molecule has 0 spiro atoms. The third-order valence-corrected chi connectivity index (χ3v) is 3.06. The van der Waals surface area contributed by atoms with Gasteiger partial charge in [-0.2, -0.15) is 5.10 Å². The van der Waals surface area contributed by atoms with Gasteiger partial charge in [-0.15, -0.1) is 0 Å². The lowest BCUT2D eigenvalue weighted by Gasteiger charge is -2.35.